The van der Waals surface area contributed by atoms with Gasteiger partial charge in [-0.25, -0.2) is 0 Å². The minimum atomic E-state index is -0.0490. The molecule has 4 saturated carbocycles. The summed E-state index contributed by atoms with van der Waals surface area (Å²) < 4.78 is 0. The molecule has 4 fully saturated rings. The highest BCUT2D eigenvalue weighted by Crippen LogP contribution is 2.67. The lowest BCUT2D eigenvalue weighted by Crippen LogP contribution is -2.54. The second-order valence-corrected chi connectivity index (χ2v) is 9.87. The summed E-state index contributed by atoms with van der Waals surface area (Å²) in [7, 11) is 0. The van der Waals surface area contributed by atoms with Gasteiger partial charge in [0.05, 0.1) is 6.10 Å². The molecule has 1 N–H and O–H groups in total. The van der Waals surface area contributed by atoms with Crippen LogP contribution in [0.25, 0.3) is 0 Å². The lowest BCUT2D eigenvalue weighted by molar-refractivity contribution is -0.138. The van der Waals surface area contributed by atoms with Crippen LogP contribution in [0.2, 0.25) is 0 Å². The van der Waals surface area contributed by atoms with Gasteiger partial charge in [-0.3, -0.25) is 4.79 Å². The van der Waals surface area contributed by atoms with Gasteiger partial charge in [-0.05, 0) is 99.2 Å². The summed E-state index contributed by atoms with van der Waals surface area (Å²) in [4.78, 5) is 12.2. The standard InChI is InChI=1S/C21H34O2/c1-13(22)17-6-7-18-16-5-4-14-12-15(23)8-10-20(14,2)19(16)9-11-21(17,18)3/h14-19,23H,4-12H2,1-3H3/t14-,15-,16?,17?,18?,19?,20?,21?/m1/s1. The first kappa shape index (κ1) is 16.1. The highest BCUT2D eigenvalue weighted by Gasteiger charge is 2.60. The topological polar surface area (TPSA) is 37.3 Å². The van der Waals surface area contributed by atoms with Crippen LogP contribution in [0.4, 0.5) is 0 Å². The van der Waals surface area contributed by atoms with E-state index >= 15 is 0 Å². The first-order valence-corrected chi connectivity index (χ1v) is 10.0. The summed E-state index contributed by atoms with van der Waals surface area (Å²) in [5.41, 5.74) is 0.738. The number of Topliss-reactive ketones (excluding diaryl/α,β-unsaturated/α-hetero) is 1. The van der Waals surface area contributed by atoms with Crippen LogP contribution in [0.1, 0.15) is 78.6 Å². The van der Waals surface area contributed by atoms with Crippen molar-refractivity contribution in [1.82, 2.24) is 0 Å². The molecule has 0 aromatic heterocycles. The van der Waals surface area contributed by atoms with Crippen LogP contribution < -0.4 is 0 Å². The van der Waals surface area contributed by atoms with Gasteiger partial charge in [0.15, 0.2) is 0 Å². The Labute approximate surface area is 141 Å². The first-order chi connectivity index (χ1) is 10.9. The van der Waals surface area contributed by atoms with Gasteiger partial charge < -0.3 is 5.11 Å². The van der Waals surface area contributed by atoms with Crippen molar-refractivity contribution in [1.29, 1.82) is 0 Å². The molecule has 0 bridgehead atoms. The van der Waals surface area contributed by atoms with Crippen molar-refractivity contribution in [3.05, 3.63) is 0 Å². The molecule has 4 aliphatic carbocycles. The average molecular weight is 319 g/mol. The average Bonchev–Trinajstić information content (AvgIpc) is 2.85. The molecule has 23 heavy (non-hydrogen) atoms. The fourth-order valence-electron chi connectivity index (χ4n) is 7.90. The van der Waals surface area contributed by atoms with E-state index in [-0.39, 0.29) is 11.5 Å². The number of carbonyl (C=O) groups excluding carboxylic acids is 1. The highest BCUT2D eigenvalue weighted by molar-refractivity contribution is 5.79. The smallest absolute Gasteiger partial charge is 0.133 e. The molecule has 0 spiro atoms. The largest absolute Gasteiger partial charge is 0.393 e. The number of aliphatic hydroxyl groups excluding tert-OH is 1. The van der Waals surface area contributed by atoms with Crippen LogP contribution in [0, 0.1) is 40.4 Å². The number of carbonyl (C=O) groups is 1. The van der Waals surface area contributed by atoms with Gasteiger partial charge in [0, 0.05) is 5.92 Å². The monoisotopic (exact) mass is 318 g/mol. The predicted molar refractivity (Wildman–Crippen MR) is 91.9 cm³/mol. The Kier molecular flexibility index (Phi) is 3.72. The van der Waals surface area contributed by atoms with E-state index in [1.54, 1.807) is 0 Å². The molecule has 130 valence electrons. The maximum Gasteiger partial charge on any atom is 0.133 e. The summed E-state index contributed by atoms with van der Waals surface area (Å²) in [6.07, 6.45) is 10.9. The maximum atomic E-state index is 12.2. The van der Waals surface area contributed by atoms with Gasteiger partial charge in [-0.2, -0.15) is 0 Å². The van der Waals surface area contributed by atoms with E-state index < -0.39 is 0 Å². The normalized spacial score (nSPS) is 55.7. The predicted octanol–water partition coefficient (Wildman–Crippen LogP) is 4.60. The van der Waals surface area contributed by atoms with Crippen molar-refractivity contribution in [2.45, 2.75) is 84.7 Å². The molecule has 0 heterocycles. The summed E-state index contributed by atoms with van der Waals surface area (Å²) >= 11 is 0. The lowest BCUT2D eigenvalue weighted by atomic mass is 9.44. The minimum absolute atomic E-state index is 0.0490. The summed E-state index contributed by atoms with van der Waals surface area (Å²) in [5, 5.41) is 10.1. The molecule has 0 radical (unpaired) electrons. The second-order valence-electron chi connectivity index (χ2n) is 9.87. The van der Waals surface area contributed by atoms with E-state index in [9.17, 15) is 9.90 Å². The van der Waals surface area contributed by atoms with Gasteiger partial charge in [0.25, 0.3) is 0 Å². The van der Waals surface area contributed by atoms with Crippen LogP contribution in [-0.2, 0) is 4.79 Å². The second kappa shape index (κ2) is 5.31. The zero-order valence-corrected chi connectivity index (χ0v) is 15.2. The molecule has 0 aliphatic heterocycles. The van der Waals surface area contributed by atoms with E-state index in [2.05, 4.69) is 13.8 Å². The van der Waals surface area contributed by atoms with Crippen LogP contribution in [0.15, 0.2) is 0 Å². The zero-order chi connectivity index (χ0) is 16.4. The van der Waals surface area contributed by atoms with Gasteiger partial charge in [0.1, 0.15) is 5.78 Å². The third-order valence-corrected chi connectivity index (χ3v) is 9.13. The van der Waals surface area contributed by atoms with Crippen molar-refractivity contribution < 1.29 is 9.90 Å². The maximum absolute atomic E-state index is 12.2. The fraction of sp³-hybridized carbons (Fsp3) is 0.952. The van der Waals surface area contributed by atoms with E-state index in [0.717, 1.165) is 42.9 Å². The summed E-state index contributed by atoms with van der Waals surface area (Å²) in [6, 6.07) is 0. The number of hydrogen-bond acceptors (Lipinski definition) is 2. The Morgan fingerprint density at radius 3 is 2.35 bits per heavy atom. The Hall–Kier alpha value is -0.370. The van der Waals surface area contributed by atoms with Crippen LogP contribution in [-0.4, -0.2) is 17.0 Å². The highest BCUT2D eigenvalue weighted by atomic mass is 16.3. The van der Waals surface area contributed by atoms with Crippen molar-refractivity contribution in [3.63, 3.8) is 0 Å². The fourth-order valence-corrected chi connectivity index (χ4v) is 7.90. The Morgan fingerprint density at radius 1 is 0.913 bits per heavy atom. The van der Waals surface area contributed by atoms with E-state index in [0.29, 0.717) is 17.1 Å². The first-order valence-electron chi connectivity index (χ1n) is 10.0. The molecule has 2 heteroatoms. The van der Waals surface area contributed by atoms with Gasteiger partial charge in [-0.15, -0.1) is 0 Å². The molecule has 4 rings (SSSR count). The molecule has 0 aromatic rings. The molecule has 4 aliphatic rings. The number of ketones is 1. The van der Waals surface area contributed by atoms with E-state index in [1.165, 1.54) is 38.5 Å². The van der Waals surface area contributed by atoms with E-state index in [1.807, 2.05) is 6.92 Å². The van der Waals surface area contributed by atoms with Crippen molar-refractivity contribution in [2.24, 2.45) is 40.4 Å². The molecule has 0 saturated heterocycles. The minimum Gasteiger partial charge on any atom is -0.393 e. The van der Waals surface area contributed by atoms with Crippen molar-refractivity contribution >= 4 is 5.78 Å². The van der Waals surface area contributed by atoms with Crippen LogP contribution >= 0.6 is 0 Å². The number of fused-ring (bicyclic) bond motifs is 5. The van der Waals surface area contributed by atoms with Crippen molar-refractivity contribution in [2.75, 3.05) is 0 Å². The molecular formula is C21H34O2. The van der Waals surface area contributed by atoms with Gasteiger partial charge in [-0.1, -0.05) is 13.8 Å². The summed E-state index contributed by atoms with van der Waals surface area (Å²) in [6.45, 7) is 6.80. The lowest BCUT2D eigenvalue weighted by Gasteiger charge is -2.60. The Morgan fingerprint density at radius 2 is 1.61 bits per heavy atom. The molecule has 0 aromatic carbocycles. The zero-order valence-electron chi connectivity index (χ0n) is 15.2. The third-order valence-electron chi connectivity index (χ3n) is 9.13. The molecular weight excluding hydrogens is 284 g/mol. The van der Waals surface area contributed by atoms with Gasteiger partial charge >= 0.3 is 0 Å². The molecule has 2 nitrogen and oxygen atoms in total. The van der Waals surface area contributed by atoms with Crippen LogP contribution in [0.3, 0.4) is 0 Å². The summed E-state index contributed by atoms with van der Waals surface area (Å²) in [5.74, 6) is 3.97. The SMILES string of the molecule is CC(=O)C1CCC2C3CC[C@@H]4C[C@H](O)CCC4(C)C3CCC12C. The number of aliphatic hydroxyl groups is 1. The Balaban J connectivity index is 1.61. The number of hydrogen-bond donors (Lipinski definition) is 1. The van der Waals surface area contributed by atoms with Gasteiger partial charge in [0.2, 0.25) is 0 Å². The van der Waals surface area contributed by atoms with E-state index in [4.69, 9.17) is 0 Å². The number of rotatable bonds is 1. The molecule has 6 unspecified atom stereocenters. The quantitative estimate of drug-likeness (QED) is 0.767. The van der Waals surface area contributed by atoms with Crippen LogP contribution in [0.5, 0.6) is 0 Å². The molecule has 0 amide bonds. The molecule has 8 atom stereocenters. The Bertz CT molecular complexity index is 500. The third kappa shape index (κ3) is 2.19. The van der Waals surface area contributed by atoms with Crippen molar-refractivity contribution in [3.8, 4) is 0 Å².